The van der Waals surface area contributed by atoms with Crippen LogP contribution in [0.25, 0.3) is 0 Å². The summed E-state index contributed by atoms with van der Waals surface area (Å²) in [5, 5.41) is -0.331. The van der Waals surface area contributed by atoms with Gasteiger partial charge in [-0.15, -0.1) is 0 Å². The van der Waals surface area contributed by atoms with Gasteiger partial charge in [0.2, 0.25) is 0 Å². The maximum absolute atomic E-state index is 11.4. The van der Waals surface area contributed by atoms with E-state index in [1.807, 2.05) is 18.2 Å². The molecule has 0 N–H and O–H groups in total. The Morgan fingerprint density at radius 2 is 1.81 bits per heavy atom. The number of halogens is 1. The van der Waals surface area contributed by atoms with Gasteiger partial charge in [-0.25, -0.2) is 0 Å². The maximum Gasteiger partial charge on any atom is 0.252 e. The standard InChI is InChI=1S/C14H17ClO/c1-14(9-5-2-6-10-14)12-8-4-3-7-11(12)13(15)16/h3-4,7-8H,2,5-6,9-10H2,1H3. The van der Waals surface area contributed by atoms with Crippen molar-refractivity contribution in [2.75, 3.05) is 0 Å². The lowest BCUT2D eigenvalue weighted by Gasteiger charge is -2.35. The zero-order chi connectivity index (χ0) is 11.6. The van der Waals surface area contributed by atoms with Gasteiger partial charge in [0.1, 0.15) is 0 Å². The molecule has 0 atom stereocenters. The summed E-state index contributed by atoms with van der Waals surface area (Å²) in [5.41, 5.74) is 1.96. The van der Waals surface area contributed by atoms with E-state index in [-0.39, 0.29) is 10.7 Å². The van der Waals surface area contributed by atoms with E-state index in [1.165, 1.54) is 19.3 Å². The topological polar surface area (TPSA) is 17.1 Å². The van der Waals surface area contributed by atoms with Crippen LogP contribution in [0.5, 0.6) is 0 Å². The molecule has 1 aliphatic carbocycles. The van der Waals surface area contributed by atoms with Crippen molar-refractivity contribution in [3.05, 3.63) is 35.4 Å². The number of carbonyl (C=O) groups excluding carboxylic acids is 1. The second-order valence-electron chi connectivity index (χ2n) is 4.94. The zero-order valence-corrected chi connectivity index (χ0v) is 10.4. The lowest BCUT2D eigenvalue weighted by molar-refractivity contribution is 0.107. The van der Waals surface area contributed by atoms with Gasteiger partial charge in [0.25, 0.3) is 5.24 Å². The molecular weight excluding hydrogens is 220 g/mol. The average molecular weight is 237 g/mol. The van der Waals surface area contributed by atoms with Crippen molar-refractivity contribution >= 4 is 16.8 Å². The molecule has 1 nitrogen and oxygen atoms in total. The highest BCUT2D eigenvalue weighted by Crippen LogP contribution is 2.40. The monoisotopic (exact) mass is 236 g/mol. The Morgan fingerprint density at radius 3 is 2.44 bits per heavy atom. The lowest BCUT2D eigenvalue weighted by atomic mass is 9.70. The molecule has 0 unspecified atom stereocenters. The third-order valence-corrected chi connectivity index (χ3v) is 3.95. The minimum Gasteiger partial charge on any atom is -0.276 e. The summed E-state index contributed by atoms with van der Waals surface area (Å²) in [5.74, 6) is 0. The largest absolute Gasteiger partial charge is 0.276 e. The van der Waals surface area contributed by atoms with Crippen LogP contribution in [-0.2, 0) is 5.41 Å². The number of rotatable bonds is 2. The van der Waals surface area contributed by atoms with E-state index in [0.717, 1.165) is 18.4 Å². The van der Waals surface area contributed by atoms with Crippen LogP contribution < -0.4 is 0 Å². The first-order chi connectivity index (χ1) is 7.63. The summed E-state index contributed by atoms with van der Waals surface area (Å²) < 4.78 is 0. The summed E-state index contributed by atoms with van der Waals surface area (Å²) in [6.45, 7) is 2.25. The summed E-state index contributed by atoms with van der Waals surface area (Å²) in [6, 6.07) is 7.77. The maximum atomic E-state index is 11.4. The Kier molecular flexibility index (Phi) is 3.34. The van der Waals surface area contributed by atoms with E-state index in [0.29, 0.717) is 5.56 Å². The molecule has 0 saturated heterocycles. The number of hydrogen-bond donors (Lipinski definition) is 0. The number of carbonyl (C=O) groups is 1. The van der Waals surface area contributed by atoms with Crippen LogP contribution in [0.4, 0.5) is 0 Å². The van der Waals surface area contributed by atoms with E-state index < -0.39 is 0 Å². The van der Waals surface area contributed by atoms with Gasteiger partial charge in [0.05, 0.1) is 0 Å². The summed E-state index contributed by atoms with van der Waals surface area (Å²) in [6.07, 6.45) is 6.14. The van der Waals surface area contributed by atoms with Gasteiger partial charge in [-0.2, -0.15) is 0 Å². The average Bonchev–Trinajstić information content (AvgIpc) is 2.30. The van der Waals surface area contributed by atoms with Gasteiger partial charge >= 0.3 is 0 Å². The Hall–Kier alpha value is -0.820. The molecule has 1 saturated carbocycles. The van der Waals surface area contributed by atoms with Gasteiger partial charge in [-0.1, -0.05) is 44.4 Å². The fourth-order valence-corrected chi connectivity index (χ4v) is 2.95. The van der Waals surface area contributed by atoms with Crippen molar-refractivity contribution in [1.82, 2.24) is 0 Å². The molecule has 0 spiro atoms. The van der Waals surface area contributed by atoms with Crippen LogP contribution in [0, 0.1) is 0 Å². The first-order valence-corrected chi connectivity index (χ1v) is 6.31. The predicted octanol–water partition coefficient (Wildman–Crippen LogP) is 4.29. The fraction of sp³-hybridized carbons (Fsp3) is 0.500. The van der Waals surface area contributed by atoms with E-state index in [2.05, 4.69) is 13.0 Å². The molecule has 1 aromatic carbocycles. The van der Waals surface area contributed by atoms with E-state index in [4.69, 9.17) is 11.6 Å². The molecule has 1 aromatic rings. The molecule has 86 valence electrons. The molecule has 0 aliphatic heterocycles. The zero-order valence-electron chi connectivity index (χ0n) is 9.63. The van der Waals surface area contributed by atoms with Crippen LogP contribution in [0.15, 0.2) is 24.3 Å². The van der Waals surface area contributed by atoms with Crippen LogP contribution in [0.3, 0.4) is 0 Å². The van der Waals surface area contributed by atoms with Crippen molar-refractivity contribution in [3.8, 4) is 0 Å². The quantitative estimate of drug-likeness (QED) is 0.701. The van der Waals surface area contributed by atoms with E-state index in [1.54, 1.807) is 0 Å². The SMILES string of the molecule is CC1(c2ccccc2C(=O)Cl)CCCCC1. The molecule has 0 aromatic heterocycles. The summed E-state index contributed by atoms with van der Waals surface area (Å²) in [7, 11) is 0. The first kappa shape index (κ1) is 11.7. The van der Waals surface area contributed by atoms with Crippen LogP contribution >= 0.6 is 11.6 Å². The van der Waals surface area contributed by atoms with Crippen molar-refractivity contribution in [3.63, 3.8) is 0 Å². The molecule has 0 radical (unpaired) electrons. The molecule has 1 fully saturated rings. The van der Waals surface area contributed by atoms with Crippen LogP contribution in [0.1, 0.15) is 54.9 Å². The van der Waals surface area contributed by atoms with Crippen molar-refractivity contribution in [2.45, 2.75) is 44.4 Å². The fourth-order valence-electron chi connectivity index (χ4n) is 2.78. The van der Waals surface area contributed by atoms with Gasteiger partial charge in [-0.3, -0.25) is 4.79 Å². The number of hydrogen-bond acceptors (Lipinski definition) is 1. The van der Waals surface area contributed by atoms with Crippen LogP contribution in [0.2, 0.25) is 0 Å². The van der Waals surface area contributed by atoms with Crippen molar-refractivity contribution in [2.24, 2.45) is 0 Å². The molecule has 0 bridgehead atoms. The van der Waals surface area contributed by atoms with Gasteiger partial charge < -0.3 is 0 Å². The first-order valence-electron chi connectivity index (χ1n) is 5.93. The minimum atomic E-state index is -0.331. The Bertz CT molecular complexity index is 391. The summed E-state index contributed by atoms with van der Waals surface area (Å²) in [4.78, 5) is 11.4. The second kappa shape index (κ2) is 4.58. The Balaban J connectivity index is 2.42. The second-order valence-corrected chi connectivity index (χ2v) is 5.28. The van der Waals surface area contributed by atoms with Gasteiger partial charge in [0.15, 0.2) is 0 Å². The van der Waals surface area contributed by atoms with E-state index in [9.17, 15) is 4.79 Å². The molecule has 16 heavy (non-hydrogen) atoms. The highest BCUT2D eigenvalue weighted by Gasteiger charge is 2.31. The molecular formula is C14H17ClO. The summed E-state index contributed by atoms with van der Waals surface area (Å²) >= 11 is 5.65. The third kappa shape index (κ3) is 2.15. The predicted molar refractivity (Wildman–Crippen MR) is 67.1 cm³/mol. The minimum absolute atomic E-state index is 0.138. The normalized spacial score (nSPS) is 19.4. The molecule has 2 rings (SSSR count). The Morgan fingerprint density at radius 1 is 1.19 bits per heavy atom. The highest BCUT2D eigenvalue weighted by molar-refractivity contribution is 6.67. The molecule has 2 heteroatoms. The van der Waals surface area contributed by atoms with Gasteiger partial charge in [0, 0.05) is 5.56 Å². The molecule has 0 amide bonds. The third-order valence-electron chi connectivity index (χ3n) is 3.75. The lowest BCUT2D eigenvalue weighted by Crippen LogP contribution is -2.26. The van der Waals surface area contributed by atoms with Crippen molar-refractivity contribution in [1.29, 1.82) is 0 Å². The smallest absolute Gasteiger partial charge is 0.252 e. The Labute approximate surface area is 102 Å². The van der Waals surface area contributed by atoms with Crippen LogP contribution in [-0.4, -0.2) is 5.24 Å². The van der Waals surface area contributed by atoms with Gasteiger partial charge in [-0.05, 0) is 41.5 Å². The van der Waals surface area contributed by atoms with Crippen molar-refractivity contribution < 1.29 is 4.79 Å². The highest BCUT2D eigenvalue weighted by atomic mass is 35.5. The van der Waals surface area contributed by atoms with E-state index >= 15 is 0 Å². The number of benzene rings is 1. The molecule has 0 heterocycles. The molecule has 1 aliphatic rings.